The summed E-state index contributed by atoms with van der Waals surface area (Å²) in [5.41, 5.74) is 7.00. The molecular formula is C11H9Cl2N3. The van der Waals surface area contributed by atoms with Gasteiger partial charge in [-0.15, -0.1) is 11.6 Å². The average Bonchev–Trinajstić information content (AvgIpc) is 2.29. The largest absolute Gasteiger partial charge is 0.386 e. The van der Waals surface area contributed by atoms with Gasteiger partial charge in [0.1, 0.15) is 5.84 Å². The van der Waals surface area contributed by atoms with Crippen molar-refractivity contribution in [2.45, 2.75) is 0 Å². The van der Waals surface area contributed by atoms with Gasteiger partial charge in [0.15, 0.2) is 0 Å². The van der Waals surface area contributed by atoms with Gasteiger partial charge in [-0.3, -0.25) is 4.98 Å². The number of hydrogen-bond donors (Lipinski definition) is 1. The monoisotopic (exact) mass is 253 g/mol. The van der Waals surface area contributed by atoms with Crippen LogP contribution in [0.2, 0.25) is 5.02 Å². The van der Waals surface area contributed by atoms with Crippen LogP contribution >= 0.6 is 23.2 Å². The van der Waals surface area contributed by atoms with Crippen molar-refractivity contribution < 1.29 is 0 Å². The van der Waals surface area contributed by atoms with E-state index < -0.39 is 0 Å². The van der Waals surface area contributed by atoms with Gasteiger partial charge in [-0.25, -0.2) is 4.99 Å². The highest BCUT2D eigenvalue weighted by atomic mass is 35.5. The zero-order valence-electron chi connectivity index (χ0n) is 8.32. The second-order valence-electron chi connectivity index (χ2n) is 3.24. The Morgan fingerprint density at radius 1 is 1.44 bits per heavy atom. The molecule has 2 rings (SSSR count). The maximum atomic E-state index is 6.08. The molecule has 0 radical (unpaired) electrons. The average molecular weight is 254 g/mol. The fraction of sp³-hybridized carbons (Fsp3) is 0.0909. The maximum absolute atomic E-state index is 6.08. The van der Waals surface area contributed by atoms with Crippen molar-refractivity contribution in [2.24, 2.45) is 10.7 Å². The minimum Gasteiger partial charge on any atom is -0.386 e. The predicted molar refractivity (Wildman–Crippen MR) is 68.8 cm³/mol. The number of pyridine rings is 1. The Hall–Kier alpha value is -1.32. The number of alkyl halides is 1. The van der Waals surface area contributed by atoms with Crippen molar-refractivity contribution in [1.29, 1.82) is 0 Å². The summed E-state index contributed by atoms with van der Waals surface area (Å²) < 4.78 is 0. The lowest BCUT2D eigenvalue weighted by molar-refractivity contribution is 1.40. The van der Waals surface area contributed by atoms with E-state index >= 15 is 0 Å². The number of aromatic nitrogens is 1. The fourth-order valence-electron chi connectivity index (χ4n) is 1.39. The van der Waals surface area contributed by atoms with E-state index in [0.717, 1.165) is 10.9 Å². The third-order valence-electron chi connectivity index (χ3n) is 2.05. The first kappa shape index (κ1) is 11.2. The van der Waals surface area contributed by atoms with Crippen LogP contribution in [0.3, 0.4) is 0 Å². The third-order valence-corrected chi connectivity index (χ3v) is 2.61. The predicted octanol–water partition coefficient (Wildman–Crippen LogP) is 3.12. The van der Waals surface area contributed by atoms with Crippen molar-refractivity contribution >= 4 is 45.6 Å². The van der Waals surface area contributed by atoms with Gasteiger partial charge in [0.2, 0.25) is 0 Å². The van der Waals surface area contributed by atoms with Crippen LogP contribution in [0.4, 0.5) is 5.69 Å². The van der Waals surface area contributed by atoms with E-state index in [9.17, 15) is 0 Å². The van der Waals surface area contributed by atoms with Crippen molar-refractivity contribution in [2.75, 3.05) is 5.88 Å². The molecule has 0 saturated carbocycles. The molecular weight excluding hydrogens is 245 g/mol. The summed E-state index contributed by atoms with van der Waals surface area (Å²) in [5, 5.41) is 1.48. The molecule has 1 heterocycles. The number of benzene rings is 1. The first-order valence-corrected chi connectivity index (χ1v) is 5.55. The molecule has 0 unspecified atom stereocenters. The molecule has 2 aromatic rings. The normalized spacial score (nSPS) is 12.0. The van der Waals surface area contributed by atoms with Gasteiger partial charge in [-0.2, -0.15) is 0 Å². The van der Waals surface area contributed by atoms with Crippen LogP contribution in [-0.4, -0.2) is 16.7 Å². The summed E-state index contributed by atoms with van der Waals surface area (Å²) in [7, 11) is 0. The first-order chi connectivity index (χ1) is 7.70. The zero-order valence-corrected chi connectivity index (χ0v) is 9.83. The summed E-state index contributed by atoms with van der Waals surface area (Å²) in [6.07, 6.45) is 1.70. The highest BCUT2D eigenvalue weighted by Crippen LogP contribution is 2.27. The van der Waals surface area contributed by atoms with E-state index in [1.54, 1.807) is 12.3 Å². The standard InChI is InChI=1S/C11H9Cl2N3/c12-6-10(14)16-8-4-7-2-1-3-15-11(7)9(13)5-8/h1-5H,6H2,(H2,14,16). The molecule has 5 heteroatoms. The molecule has 3 nitrogen and oxygen atoms in total. The SMILES string of the molecule is NC(CCl)=Nc1cc(Cl)c2ncccc2c1. The number of nitrogens with two attached hydrogens (primary N) is 1. The van der Waals surface area contributed by atoms with Gasteiger partial charge in [0, 0.05) is 11.6 Å². The number of amidine groups is 1. The molecule has 1 aromatic carbocycles. The van der Waals surface area contributed by atoms with Gasteiger partial charge in [0.05, 0.1) is 22.1 Å². The summed E-state index contributed by atoms with van der Waals surface area (Å²) >= 11 is 11.6. The van der Waals surface area contributed by atoms with E-state index in [4.69, 9.17) is 28.9 Å². The molecule has 0 saturated heterocycles. The molecule has 0 bridgehead atoms. The zero-order chi connectivity index (χ0) is 11.5. The Kier molecular flexibility index (Phi) is 3.27. The van der Waals surface area contributed by atoms with Gasteiger partial charge in [-0.05, 0) is 18.2 Å². The van der Waals surface area contributed by atoms with Crippen LogP contribution in [0.1, 0.15) is 0 Å². The van der Waals surface area contributed by atoms with E-state index in [2.05, 4.69) is 9.98 Å². The van der Waals surface area contributed by atoms with E-state index in [0.29, 0.717) is 16.5 Å². The molecule has 1 aromatic heterocycles. The van der Waals surface area contributed by atoms with Crippen LogP contribution in [0.5, 0.6) is 0 Å². The minimum absolute atomic E-state index is 0.197. The molecule has 0 aliphatic carbocycles. The van der Waals surface area contributed by atoms with Gasteiger partial charge < -0.3 is 5.73 Å². The summed E-state index contributed by atoms with van der Waals surface area (Å²) in [4.78, 5) is 8.32. The molecule has 0 aliphatic heterocycles. The number of aliphatic imine (C=N–C) groups is 1. The fourth-order valence-corrected chi connectivity index (χ4v) is 1.72. The van der Waals surface area contributed by atoms with Crippen LogP contribution in [-0.2, 0) is 0 Å². The van der Waals surface area contributed by atoms with Crippen LogP contribution in [0.15, 0.2) is 35.5 Å². The van der Waals surface area contributed by atoms with E-state index in [-0.39, 0.29) is 5.88 Å². The first-order valence-electron chi connectivity index (χ1n) is 4.64. The minimum atomic E-state index is 0.197. The second-order valence-corrected chi connectivity index (χ2v) is 3.91. The van der Waals surface area contributed by atoms with Gasteiger partial charge in [-0.1, -0.05) is 17.7 Å². The summed E-state index contributed by atoms with van der Waals surface area (Å²) in [5.74, 6) is 0.559. The maximum Gasteiger partial charge on any atom is 0.115 e. The number of nitrogens with zero attached hydrogens (tertiary/aromatic N) is 2. The topological polar surface area (TPSA) is 51.3 Å². The van der Waals surface area contributed by atoms with E-state index in [1.165, 1.54) is 0 Å². The molecule has 2 N–H and O–H groups in total. The van der Waals surface area contributed by atoms with Crippen molar-refractivity contribution in [3.8, 4) is 0 Å². The second kappa shape index (κ2) is 4.68. The summed E-state index contributed by atoms with van der Waals surface area (Å²) in [6, 6.07) is 7.35. The van der Waals surface area contributed by atoms with Crippen molar-refractivity contribution in [3.63, 3.8) is 0 Å². The van der Waals surface area contributed by atoms with Crippen LogP contribution in [0.25, 0.3) is 10.9 Å². The smallest absolute Gasteiger partial charge is 0.115 e. The Morgan fingerprint density at radius 3 is 3.00 bits per heavy atom. The lowest BCUT2D eigenvalue weighted by Crippen LogP contribution is -2.12. The molecule has 82 valence electrons. The Balaban J connectivity index is 2.58. The quantitative estimate of drug-likeness (QED) is 0.508. The molecule has 0 aliphatic rings. The van der Waals surface area contributed by atoms with Crippen LogP contribution < -0.4 is 5.73 Å². The number of hydrogen-bond acceptors (Lipinski definition) is 2. The van der Waals surface area contributed by atoms with E-state index in [1.807, 2.05) is 18.2 Å². The molecule has 0 fully saturated rings. The lowest BCUT2D eigenvalue weighted by Gasteiger charge is -2.02. The lowest BCUT2D eigenvalue weighted by atomic mass is 10.2. The van der Waals surface area contributed by atoms with Crippen LogP contribution in [0, 0.1) is 0 Å². The molecule has 0 atom stereocenters. The number of fused-ring (bicyclic) bond motifs is 1. The van der Waals surface area contributed by atoms with Gasteiger partial charge in [0.25, 0.3) is 0 Å². The third kappa shape index (κ3) is 2.26. The Bertz CT molecular complexity index is 552. The van der Waals surface area contributed by atoms with Gasteiger partial charge >= 0.3 is 0 Å². The summed E-state index contributed by atoms with van der Waals surface area (Å²) in [6.45, 7) is 0. The highest BCUT2D eigenvalue weighted by molar-refractivity contribution is 6.35. The highest BCUT2D eigenvalue weighted by Gasteiger charge is 2.02. The Labute approximate surface area is 103 Å². The number of halogens is 2. The Morgan fingerprint density at radius 2 is 2.25 bits per heavy atom. The molecule has 0 amide bonds. The molecule has 0 spiro atoms. The van der Waals surface area contributed by atoms with Crippen molar-refractivity contribution in [1.82, 2.24) is 4.98 Å². The number of rotatable bonds is 2. The molecule has 16 heavy (non-hydrogen) atoms. The van der Waals surface area contributed by atoms with Crippen molar-refractivity contribution in [3.05, 3.63) is 35.5 Å².